The Hall–Kier alpha value is -1.39. The minimum absolute atomic E-state index is 0.104. The molecule has 88 valence electrons. The van der Waals surface area contributed by atoms with Crippen LogP contribution in [0.15, 0.2) is 24.3 Å². The summed E-state index contributed by atoms with van der Waals surface area (Å²) in [6, 6.07) is 6.77. The summed E-state index contributed by atoms with van der Waals surface area (Å²) in [6.45, 7) is 1.19. The number of carbonyl (C=O) groups is 2. The SMILES string of the molecule is O=C1C2CNCC2C(=O)N1c1ccc(Cl)cc1. The molecule has 1 aromatic rings. The Bertz CT molecular complexity index is 464. The van der Waals surface area contributed by atoms with Gasteiger partial charge in [0.15, 0.2) is 0 Å². The summed E-state index contributed by atoms with van der Waals surface area (Å²) < 4.78 is 0. The minimum Gasteiger partial charge on any atom is -0.315 e. The number of rotatable bonds is 1. The summed E-state index contributed by atoms with van der Waals surface area (Å²) in [4.78, 5) is 25.5. The van der Waals surface area contributed by atoms with Crippen LogP contribution in [0.3, 0.4) is 0 Å². The van der Waals surface area contributed by atoms with E-state index in [9.17, 15) is 9.59 Å². The smallest absolute Gasteiger partial charge is 0.239 e. The molecule has 0 aliphatic carbocycles. The molecule has 2 saturated heterocycles. The van der Waals surface area contributed by atoms with Crippen LogP contribution in [-0.2, 0) is 9.59 Å². The van der Waals surface area contributed by atoms with Crippen molar-refractivity contribution < 1.29 is 9.59 Å². The zero-order valence-corrected chi connectivity index (χ0v) is 9.78. The number of imide groups is 1. The highest BCUT2D eigenvalue weighted by Gasteiger charge is 2.50. The van der Waals surface area contributed by atoms with E-state index in [2.05, 4.69) is 5.32 Å². The molecule has 0 radical (unpaired) electrons. The van der Waals surface area contributed by atoms with E-state index in [1.54, 1.807) is 24.3 Å². The number of hydrogen-bond donors (Lipinski definition) is 1. The van der Waals surface area contributed by atoms with Gasteiger partial charge in [-0.25, -0.2) is 4.90 Å². The van der Waals surface area contributed by atoms with Crippen molar-refractivity contribution in [2.24, 2.45) is 11.8 Å². The Morgan fingerprint density at radius 3 is 2.12 bits per heavy atom. The largest absolute Gasteiger partial charge is 0.315 e. The van der Waals surface area contributed by atoms with Gasteiger partial charge in [0.2, 0.25) is 11.8 Å². The number of carbonyl (C=O) groups excluding carboxylic acids is 2. The fourth-order valence-electron chi connectivity index (χ4n) is 2.48. The van der Waals surface area contributed by atoms with Gasteiger partial charge in [0, 0.05) is 18.1 Å². The number of fused-ring (bicyclic) bond motifs is 1. The van der Waals surface area contributed by atoms with Crippen molar-refractivity contribution in [1.29, 1.82) is 0 Å². The van der Waals surface area contributed by atoms with Crippen LogP contribution in [0, 0.1) is 11.8 Å². The summed E-state index contributed by atoms with van der Waals surface area (Å²) in [6.07, 6.45) is 0. The summed E-state index contributed by atoms with van der Waals surface area (Å²) in [5, 5.41) is 3.67. The van der Waals surface area contributed by atoms with Crippen LogP contribution in [0.5, 0.6) is 0 Å². The topological polar surface area (TPSA) is 49.4 Å². The van der Waals surface area contributed by atoms with Crippen molar-refractivity contribution in [2.75, 3.05) is 18.0 Å². The molecule has 2 aliphatic heterocycles. The lowest BCUT2D eigenvalue weighted by Gasteiger charge is -2.15. The predicted octanol–water partition coefficient (Wildman–Crippen LogP) is 1.05. The molecular formula is C12H11ClN2O2. The molecule has 17 heavy (non-hydrogen) atoms. The number of halogens is 1. The molecule has 5 heteroatoms. The molecule has 0 saturated carbocycles. The van der Waals surface area contributed by atoms with Crippen LogP contribution in [-0.4, -0.2) is 24.9 Å². The van der Waals surface area contributed by atoms with Crippen LogP contribution < -0.4 is 10.2 Å². The summed E-state index contributed by atoms with van der Waals surface area (Å²) in [7, 11) is 0. The van der Waals surface area contributed by atoms with Crippen molar-refractivity contribution in [3.8, 4) is 0 Å². The maximum Gasteiger partial charge on any atom is 0.239 e. The second-order valence-electron chi connectivity index (χ2n) is 4.36. The predicted molar refractivity (Wildman–Crippen MR) is 63.8 cm³/mol. The minimum atomic E-state index is -0.196. The standard InChI is InChI=1S/C12H11ClN2O2/c13-7-1-3-8(4-2-7)15-11(16)9-5-14-6-10(9)12(15)17/h1-4,9-10,14H,5-6H2. The Balaban J connectivity index is 1.96. The fraction of sp³-hybridized carbons (Fsp3) is 0.333. The first-order valence-electron chi connectivity index (χ1n) is 5.52. The number of benzene rings is 1. The Morgan fingerprint density at radius 2 is 1.59 bits per heavy atom. The first-order chi connectivity index (χ1) is 8.18. The molecule has 4 nitrogen and oxygen atoms in total. The molecule has 0 spiro atoms. The number of nitrogens with one attached hydrogen (secondary N) is 1. The van der Waals surface area contributed by atoms with E-state index in [1.807, 2.05) is 0 Å². The van der Waals surface area contributed by atoms with Gasteiger partial charge in [0.1, 0.15) is 0 Å². The molecule has 2 unspecified atom stereocenters. The van der Waals surface area contributed by atoms with Gasteiger partial charge in [0.25, 0.3) is 0 Å². The third-order valence-electron chi connectivity index (χ3n) is 3.37. The Kier molecular flexibility index (Phi) is 2.42. The van der Waals surface area contributed by atoms with Gasteiger partial charge in [-0.3, -0.25) is 9.59 Å². The highest BCUT2D eigenvalue weighted by Crippen LogP contribution is 2.33. The van der Waals surface area contributed by atoms with Crippen LogP contribution in [0.25, 0.3) is 0 Å². The maximum atomic E-state index is 12.1. The van der Waals surface area contributed by atoms with Crippen molar-refractivity contribution in [2.45, 2.75) is 0 Å². The Morgan fingerprint density at radius 1 is 1.06 bits per heavy atom. The molecular weight excluding hydrogens is 240 g/mol. The number of anilines is 1. The lowest BCUT2D eigenvalue weighted by Crippen LogP contribution is -2.34. The van der Waals surface area contributed by atoms with Crippen LogP contribution in [0.1, 0.15) is 0 Å². The van der Waals surface area contributed by atoms with Crippen molar-refractivity contribution in [3.05, 3.63) is 29.3 Å². The fourth-order valence-corrected chi connectivity index (χ4v) is 2.61. The average molecular weight is 251 g/mol. The summed E-state index contributed by atoms with van der Waals surface area (Å²) in [5.74, 6) is -0.601. The van der Waals surface area contributed by atoms with Crippen molar-refractivity contribution >= 4 is 29.1 Å². The molecule has 1 aromatic carbocycles. The Labute approximate surface area is 104 Å². The van der Waals surface area contributed by atoms with Gasteiger partial charge in [0.05, 0.1) is 17.5 Å². The second-order valence-corrected chi connectivity index (χ2v) is 4.80. The third-order valence-corrected chi connectivity index (χ3v) is 3.63. The van der Waals surface area contributed by atoms with E-state index >= 15 is 0 Å². The maximum absolute atomic E-state index is 12.1. The van der Waals surface area contributed by atoms with Crippen LogP contribution >= 0.6 is 11.6 Å². The van der Waals surface area contributed by atoms with Gasteiger partial charge in [-0.2, -0.15) is 0 Å². The lowest BCUT2D eigenvalue weighted by atomic mass is 10.00. The lowest BCUT2D eigenvalue weighted by molar-refractivity contribution is -0.122. The van der Waals surface area contributed by atoms with E-state index in [4.69, 9.17) is 11.6 Å². The monoisotopic (exact) mass is 250 g/mol. The third kappa shape index (κ3) is 1.56. The average Bonchev–Trinajstić information content (AvgIpc) is 2.87. The normalized spacial score (nSPS) is 27.7. The van der Waals surface area contributed by atoms with Gasteiger partial charge in [-0.15, -0.1) is 0 Å². The molecule has 2 amide bonds. The van der Waals surface area contributed by atoms with E-state index in [-0.39, 0.29) is 23.7 Å². The number of hydrogen-bond acceptors (Lipinski definition) is 3. The highest BCUT2D eigenvalue weighted by molar-refractivity contribution is 6.30. The van der Waals surface area contributed by atoms with E-state index in [1.165, 1.54) is 4.90 Å². The van der Waals surface area contributed by atoms with E-state index in [0.717, 1.165) is 0 Å². The quantitative estimate of drug-likeness (QED) is 0.758. The molecule has 0 bridgehead atoms. The van der Waals surface area contributed by atoms with E-state index < -0.39 is 0 Å². The van der Waals surface area contributed by atoms with Crippen LogP contribution in [0.4, 0.5) is 5.69 Å². The van der Waals surface area contributed by atoms with Gasteiger partial charge < -0.3 is 5.32 Å². The molecule has 2 atom stereocenters. The molecule has 2 fully saturated rings. The number of amides is 2. The van der Waals surface area contributed by atoms with Gasteiger partial charge in [-0.1, -0.05) is 11.6 Å². The molecule has 2 heterocycles. The van der Waals surface area contributed by atoms with Crippen molar-refractivity contribution in [1.82, 2.24) is 5.32 Å². The van der Waals surface area contributed by atoms with E-state index in [0.29, 0.717) is 23.8 Å². The van der Waals surface area contributed by atoms with Crippen LogP contribution in [0.2, 0.25) is 5.02 Å². The summed E-state index contributed by atoms with van der Waals surface area (Å²) in [5.41, 5.74) is 0.610. The first kappa shape index (κ1) is 10.7. The van der Waals surface area contributed by atoms with Gasteiger partial charge >= 0.3 is 0 Å². The number of nitrogens with zero attached hydrogens (tertiary/aromatic N) is 1. The van der Waals surface area contributed by atoms with Gasteiger partial charge in [-0.05, 0) is 24.3 Å². The molecule has 1 N–H and O–H groups in total. The highest BCUT2D eigenvalue weighted by atomic mass is 35.5. The summed E-state index contributed by atoms with van der Waals surface area (Å²) >= 11 is 5.79. The second kappa shape index (κ2) is 3.82. The van der Waals surface area contributed by atoms with Crippen molar-refractivity contribution in [3.63, 3.8) is 0 Å². The molecule has 2 aliphatic rings. The zero-order chi connectivity index (χ0) is 12.0. The zero-order valence-electron chi connectivity index (χ0n) is 9.02. The molecule has 3 rings (SSSR count). The first-order valence-corrected chi connectivity index (χ1v) is 5.90. The molecule has 0 aromatic heterocycles.